The summed E-state index contributed by atoms with van der Waals surface area (Å²) in [5.74, 6) is -0.503. The van der Waals surface area contributed by atoms with E-state index in [2.05, 4.69) is 21.2 Å². The van der Waals surface area contributed by atoms with Crippen LogP contribution in [-0.4, -0.2) is 0 Å². The van der Waals surface area contributed by atoms with E-state index in [1.807, 2.05) is 0 Å². The molecule has 0 heterocycles. The predicted octanol–water partition coefficient (Wildman–Crippen LogP) is 4.80. The van der Waals surface area contributed by atoms with Gasteiger partial charge < -0.3 is 11.1 Å². The highest BCUT2D eigenvalue weighted by atomic mass is 79.9. The normalized spacial score (nSPS) is 11.5. The fourth-order valence-corrected chi connectivity index (χ4v) is 2.11. The van der Waals surface area contributed by atoms with Gasteiger partial charge in [0.1, 0.15) is 5.82 Å². The summed E-state index contributed by atoms with van der Waals surface area (Å²) in [6.45, 7) is 0.145. The summed E-state index contributed by atoms with van der Waals surface area (Å²) in [5, 5.41) is 2.89. The Hall–Kier alpha value is -1.76. The van der Waals surface area contributed by atoms with Gasteiger partial charge in [0.2, 0.25) is 0 Å². The molecule has 112 valence electrons. The molecule has 0 aromatic heterocycles. The van der Waals surface area contributed by atoms with Crippen molar-refractivity contribution in [3.63, 3.8) is 0 Å². The zero-order chi connectivity index (χ0) is 15.6. The predicted molar refractivity (Wildman–Crippen MR) is 77.3 cm³/mol. The van der Waals surface area contributed by atoms with Crippen molar-refractivity contribution in [1.82, 2.24) is 0 Å². The summed E-state index contributed by atoms with van der Waals surface area (Å²) in [7, 11) is 0. The van der Waals surface area contributed by atoms with E-state index < -0.39 is 17.6 Å². The number of halogens is 5. The zero-order valence-electron chi connectivity index (χ0n) is 10.6. The molecule has 2 rings (SSSR count). The summed E-state index contributed by atoms with van der Waals surface area (Å²) in [6, 6.07) is 7.55. The second-order valence-corrected chi connectivity index (χ2v) is 5.26. The van der Waals surface area contributed by atoms with Gasteiger partial charge >= 0.3 is 6.18 Å². The topological polar surface area (TPSA) is 38.0 Å². The number of benzene rings is 2. The molecule has 0 saturated heterocycles. The molecule has 0 fully saturated rings. The third-order valence-corrected chi connectivity index (χ3v) is 3.44. The van der Waals surface area contributed by atoms with Crippen molar-refractivity contribution >= 4 is 27.3 Å². The first-order valence-corrected chi connectivity index (χ1v) is 6.71. The first kappa shape index (κ1) is 15.6. The lowest BCUT2D eigenvalue weighted by molar-refractivity contribution is -0.137. The number of nitrogen functional groups attached to an aromatic ring is 1. The first-order chi connectivity index (χ1) is 9.77. The molecule has 0 radical (unpaired) electrons. The first-order valence-electron chi connectivity index (χ1n) is 5.92. The quantitative estimate of drug-likeness (QED) is 0.607. The highest BCUT2D eigenvalue weighted by Gasteiger charge is 2.30. The molecule has 2 nitrogen and oxygen atoms in total. The van der Waals surface area contributed by atoms with Crippen LogP contribution in [0, 0.1) is 5.82 Å². The SMILES string of the molecule is Nc1cc(F)c(Br)cc1NCc1cccc(C(F)(F)F)c1. The molecule has 0 unspecified atom stereocenters. The zero-order valence-corrected chi connectivity index (χ0v) is 12.2. The van der Waals surface area contributed by atoms with Crippen LogP contribution in [0.4, 0.5) is 28.9 Å². The van der Waals surface area contributed by atoms with E-state index in [0.29, 0.717) is 11.3 Å². The lowest BCUT2D eigenvalue weighted by Crippen LogP contribution is -2.07. The van der Waals surface area contributed by atoms with Crippen LogP contribution in [0.2, 0.25) is 0 Å². The molecule has 2 aromatic carbocycles. The molecule has 0 aliphatic rings. The molecule has 21 heavy (non-hydrogen) atoms. The van der Waals surface area contributed by atoms with E-state index in [0.717, 1.165) is 18.2 Å². The molecule has 0 atom stereocenters. The molecular weight excluding hydrogens is 352 g/mol. The van der Waals surface area contributed by atoms with Gasteiger partial charge in [0, 0.05) is 12.6 Å². The Morgan fingerprint density at radius 3 is 2.52 bits per heavy atom. The monoisotopic (exact) mass is 362 g/mol. The van der Waals surface area contributed by atoms with Crippen LogP contribution in [-0.2, 0) is 12.7 Å². The van der Waals surface area contributed by atoms with E-state index in [4.69, 9.17) is 5.73 Å². The second kappa shape index (κ2) is 5.93. The van der Waals surface area contributed by atoms with E-state index in [1.165, 1.54) is 12.1 Å². The van der Waals surface area contributed by atoms with Crippen molar-refractivity contribution < 1.29 is 17.6 Å². The summed E-state index contributed by atoms with van der Waals surface area (Å²) in [6.07, 6.45) is -4.38. The van der Waals surface area contributed by atoms with Gasteiger partial charge in [0.15, 0.2) is 0 Å². The maximum absolute atomic E-state index is 13.2. The van der Waals surface area contributed by atoms with Gasteiger partial charge in [-0.3, -0.25) is 0 Å². The summed E-state index contributed by atoms with van der Waals surface area (Å²) in [5.41, 5.74) is 6.01. The Kier molecular flexibility index (Phi) is 4.41. The van der Waals surface area contributed by atoms with Gasteiger partial charge in [0.05, 0.1) is 21.4 Å². The van der Waals surface area contributed by atoms with E-state index in [1.54, 1.807) is 6.07 Å². The molecule has 3 N–H and O–H groups in total. The number of alkyl halides is 3. The number of hydrogen-bond acceptors (Lipinski definition) is 2. The standard InChI is InChI=1S/C14H11BrF4N2/c15-10-5-13(12(20)6-11(10)16)21-7-8-2-1-3-9(4-8)14(17,18)19/h1-6,21H,7,20H2. The number of hydrogen-bond donors (Lipinski definition) is 2. The largest absolute Gasteiger partial charge is 0.416 e. The van der Waals surface area contributed by atoms with E-state index in [9.17, 15) is 17.6 Å². The van der Waals surface area contributed by atoms with Crippen molar-refractivity contribution in [3.8, 4) is 0 Å². The van der Waals surface area contributed by atoms with Crippen molar-refractivity contribution in [2.24, 2.45) is 0 Å². The van der Waals surface area contributed by atoms with Gasteiger partial charge in [-0.15, -0.1) is 0 Å². The number of anilines is 2. The van der Waals surface area contributed by atoms with Crippen LogP contribution in [0.5, 0.6) is 0 Å². The van der Waals surface area contributed by atoms with Crippen molar-refractivity contribution in [2.75, 3.05) is 11.1 Å². The third kappa shape index (κ3) is 3.87. The maximum atomic E-state index is 13.2. The number of nitrogens with one attached hydrogen (secondary N) is 1. The van der Waals surface area contributed by atoms with Crippen molar-refractivity contribution in [1.29, 1.82) is 0 Å². The summed E-state index contributed by atoms with van der Waals surface area (Å²) in [4.78, 5) is 0. The fourth-order valence-electron chi connectivity index (χ4n) is 1.77. The molecule has 0 aliphatic heterocycles. The Morgan fingerprint density at radius 1 is 1.14 bits per heavy atom. The van der Waals surface area contributed by atoms with Gasteiger partial charge in [-0.2, -0.15) is 13.2 Å². The molecule has 0 spiro atoms. The second-order valence-electron chi connectivity index (χ2n) is 4.41. The van der Waals surface area contributed by atoms with Gasteiger partial charge in [-0.1, -0.05) is 12.1 Å². The minimum atomic E-state index is -4.38. The summed E-state index contributed by atoms with van der Waals surface area (Å²) >= 11 is 3.02. The maximum Gasteiger partial charge on any atom is 0.416 e. The molecule has 7 heteroatoms. The lowest BCUT2D eigenvalue weighted by atomic mass is 10.1. The Morgan fingerprint density at radius 2 is 1.86 bits per heavy atom. The molecule has 2 aromatic rings. The van der Waals surface area contributed by atoms with E-state index >= 15 is 0 Å². The van der Waals surface area contributed by atoms with Crippen LogP contribution in [0.15, 0.2) is 40.9 Å². The number of nitrogens with two attached hydrogens (primary N) is 1. The van der Waals surface area contributed by atoms with Crippen molar-refractivity contribution in [3.05, 3.63) is 57.8 Å². The smallest absolute Gasteiger partial charge is 0.397 e. The number of rotatable bonds is 3. The third-order valence-electron chi connectivity index (χ3n) is 2.83. The Balaban J connectivity index is 2.15. The highest BCUT2D eigenvalue weighted by Crippen LogP contribution is 2.30. The average molecular weight is 363 g/mol. The van der Waals surface area contributed by atoms with Crippen LogP contribution in [0.25, 0.3) is 0 Å². The molecular formula is C14H11BrF4N2. The lowest BCUT2D eigenvalue weighted by Gasteiger charge is -2.12. The Labute approximate surface area is 127 Å². The molecule has 0 amide bonds. The van der Waals surface area contributed by atoms with Gasteiger partial charge in [-0.05, 0) is 39.7 Å². The van der Waals surface area contributed by atoms with Crippen LogP contribution in [0.1, 0.15) is 11.1 Å². The van der Waals surface area contributed by atoms with Gasteiger partial charge in [0.25, 0.3) is 0 Å². The fraction of sp³-hybridized carbons (Fsp3) is 0.143. The average Bonchev–Trinajstić information content (AvgIpc) is 2.41. The van der Waals surface area contributed by atoms with Crippen LogP contribution in [0.3, 0.4) is 0 Å². The minimum Gasteiger partial charge on any atom is -0.397 e. The van der Waals surface area contributed by atoms with Crippen LogP contribution < -0.4 is 11.1 Å². The highest BCUT2D eigenvalue weighted by molar-refractivity contribution is 9.10. The summed E-state index contributed by atoms with van der Waals surface area (Å²) < 4.78 is 51.3. The van der Waals surface area contributed by atoms with Crippen molar-refractivity contribution in [2.45, 2.75) is 12.7 Å². The molecule has 0 saturated carbocycles. The molecule has 0 aliphatic carbocycles. The van der Waals surface area contributed by atoms with Crippen LogP contribution >= 0.6 is 15.9 Å². The Bertz CT molecular complexity index is 656. The molecule has 0 bridgehead atoms. The van der Waals surface area contributed by atoms with Gasteiger partial charge in [-0.25, -0.2) is 4.39 Å². The minimum absolute atomic E-state index is 0.145. The van der Waals surface area contributed by atoms with E-state index in [-0.39, 0.29) is 16.7 Å².